The number of primary amides is 1. The first-order chi connectivity index (χ1) is 7.27. The molecular weight excluding hydrogens is 194 g/mol. The Kier molecular flexibility index (Phi) is 2.82. The van der Waals surface area contributed by atoms with E-state index in [1.165, 1.54) is 0 Å². The molecule has 1 aliphatic rings. The van der Waals surface area contributed by atoms with Crippen molar-refractivity contribution in [3.05, 3.63) is 23.9 Å². The van der Waals surface area contributed by atoms with Gasteiger partial charge in [0.25, 0.3) is 5.91 Å². The number of nitrogens with one attached hydrogen (secondary N) is 1. The summed E-state index contributed by atoms with van der Waals surface area (Å²) in [4.78, 5) is 15.1. The van der Waals surface area contributed by atoms with Crippen molar-refractivity contribution >= 4 is 11.7 Å². The second kappa shape index (κ2) is 4.27. The Morgan fingerprint density at radius 3 is 3.07 bits per heavy atom. The molecule has 5 heteroatoms. The molecule has 1 aliphatic heterocycles. The number of pyridine rings is 1. The summed E-state index contributed by atoms with van der Waals surface area (Å²) in [5.41, 5.74) is 5.65. The zero-order chi connectivity index (χ0) is 10.7. The van der Waals surface area contributed by atoms with Crippen molar-refractivity contribution in [2.24, 2.45) is 11.7 Å². The number of nitrogens with zero attached hydrogens (tertiary/aromatic N) is 1. The largest absolute Gasteiger partial charge is 0.381 e. The van der Waals surface area contributed by atoms with Crippen molar-refractivity contribution in [3.8, 4) is 0 Å². The van der Waals surface area contributed by atoms with Gasteiger partial charge in [-0.25, -0.2) is 4.98 Å². The molecule has 1 amide bonds. The summed E-state index contributed by atoms with van der Waals surface area (Å²) < 4.78 is 5.05. The van der Waals surface area contributed by atoms with Crippen molar-refractivity contribution in [3.63, 3.8) is 0 Å². The van der Waals surface area contributed by atoms with Crippen molar-refractivity contribution in [2.75, 3.05) is 25.1 Å². The van der Waals surface area contributed by atoms with E-state index in [0.717, 1.165) is 19.8 Å². The minimum Gasteiger partial charge on any atom is -0.381 e. The SMILES string of the molecule is NC(=O)c1cccnc1NCC1COC1. The van der Waals surface area contributed by atoms with Crippen molar-refractivity contribution < 1.29 is 9.53 Å². The van der Waals surface area contributed by atoms with E-state index in [0.29, 0.717) is 17.3 Å². The summed E-state index contributed by atoms with van der Waals surface area (Å²) in [5.74, 6) is 0.597. The summed E-state index contributed by atoms with van der Waals surface area (Å²) in [7, 11) is 0. The number of carbonyl (C=O) groups is 1. The third-order valence-electron chi connectivity index (χ3n) is 2.34. The minimum absolute atomic E-state index is 0.428. The van der Waals surface area contributed by atoms with Gasteiger partial charge in [0.05, 0.1) is 18.8 Å². The predicted octanol–water partition coefficient (Wildman–Crippen LogP) is 0.239. The molecule has 1 aromatic heterocycles. The quantitative estimate of drug-likeness (QED) is 0.741. The lowest BCUT2D eigenvalue weighted by molar-refractivity contribution is -0.0248. The number of amides is 1. The predicted molar refractivity (Wildman–Crippen MR) is 55.6 cm³/mol. The summed E-state index contributed by atoms with van der Waals surface area (Å²) in [6.45, 7) is 2.30. The Balaban J connectivity index is 2.02. The second-order valence-electron chi connectivity index (χ2n) is 3.55. The molecule has 1 aromatic rings. The third-order valence-corrected chi connectivity index (χ3v) is 2.34. The van der Waals surface area contributed by atoms with Gasteiger partial charge in [0.2, 0.25) is 0 Å². The molecular formula is C10H13N3O2. The van der Waals surface area contributed by atoms with E-state index in [9.17, 15) is 4.79 Å². The third kappa shape index (κ3) is 2.24. The molecule has 5 nitrogen and oxygen atoms in total. The highest BCUT2D eigenvalue weighted by Gasteiger charge is 2.18. The van der Waals surface area contributed by atoms with Gasteiger partial charge in [0, 0.05) is 18.7 Å². The van der Waals surface area contributed by atoms with E-state index in [1.54, 1.807) is 18.3 Å². The lowest BCUT2D eigenvalue weighted by atomic mass is 10.1. The van der Waals surface area contributed by atoms with E-state index in [1.807, 2.05) is 0 Å². The number of anilines is 1. The summed E-state index contributed by atoms with van der Waals surface area (Å²) in [6, 6.07) is 3.35. The topological polar surface area (TPSA) is 77.2 Å². The Morgan fingerprint density at radius 2 is 2.47 bits per heavy atom. The standard InChI is InChI=1S/C10H13N3O2/c11-9(14)8-2-1-3-12-10(8)13-4-7-5-15-6-7/h1-3,7H,4-6H2,(H2,11,14)(H,12,13). The second-order valence-corrected chi connectivity index (χ2v) is 3.55. The van der Waals surface area contributed by atoms with Gasteiger partial charge in [0.15, 0.2) is 0 Å². The van der Waals surface area contributed by atoms with Gasteiger partial charge >= 0.3 is 0 Å². The van der Waals surface area contributed by atoms with Crippen molar-refractivity contribution in [1.82, 2.24) is 4.98 Å². The Hall–Kier alpha value is -1.62. The van der Waals surface area contributed by atoms with Crippen LogP contribution in [0.4, 0.5) is 5.82 Å². The highest BCUT2D eigenvalue weighted by molar-refractivity contribution is 5.97. The average Bonchev–Trinajstić information content (AvgIpc) is 2.16. The van der Waals surface area contributed by atoms with Gasteiger partial charge < -0.3 is 15.8 Å². The Morgan fingerprint density at radius 1 is 1.67 bits per heavy atom. The van der Waals surface area contributed by atoms with E-state index in [4.69, 9.17) is 10.5 Å². The molecule has 0 spiro atoms. The Labute approximate surface area is 87.6 Å². The fourth-order valence-corrected chi connectivity index (χ4v) is 1.39. The highest BCUT2D eigenvalue weighted by Crippen LogP contribution is 2.14. The Bertz CT molecular complexity index is 363. The van der Waals surface area contributed by atoms with Gasteiger partial charge in [-0.15, -0.1) is 0 Å². The summed E-state index contributed by atoms with van der Waals surface area (Å²) in [6.07, 6.45) is 1.63. The summed E-state index contributed by atoms with van der Waals surface area (Å²) in [5, 5.41) is 3.10. The van der Waals surface area contributed by atoms with Crippen LogP contribution in [0.1, 0.15) is 10.4 Å². The van der Waals surface area contributed by atoms with Gasteiger partial charge in [-0.05, 0) is 12.1 Å². The molecule has 1 fully saturated rings. The lowest BCUT2D eigenvalue weighted by Gasteiger charge is -2.26. The number of rotatable bonds is 4. The van der Waals surface area contributed by atoms with E-state index < -0.39 is 5.91 Å². The molecule has 0 unspecified atom stereocenters. The van der Waals surface area contributed by atoms with E-state index >= 15 is 0 Å². The zero-order valence-electron chi connectivity index (χ0n) is 8.27. The van der Waals surface area contributed by atoms with E-state index in [-0.39, 0.29) is 0 Å². The van der Waals surface area contributed by atoms with Crippen LogP contribution in [-0.2, 0) is 4.74 Å². The molecule has 1 saturated heterocycles. The fraction of sp³-hybridized carbons (Fsp3) is 0.400. The number of ether oxygens (including phenoxy) is 1. The van der Waals surface area contributed by atoms with Crippen LogP contribution in [0.3, 0.4) is 0 Å². The maximum absolute atomic E-state index is 11.1. The zero-order valence-corrected chi connectivity index (χ0v) is 8.27. The molecule has 0 atom stereocenters. The minimum atomic E-state index is -0.463. The monoisotopic (exact) mass is 207 g/mol. The van der Waals surface area contributed by atoms with Gasteiger partial charge in [-0.2, -0.15) is 0 Å². The fourth-order valence-electron chi connectivity index (χ4n) is 1.39. The first kappa shape index (κ1) is 9.92. The number of hydrogen-bond acceptors (Lipinski definition) is 4. The molecule has 2 rings (SSSR count). The van der Waals surface area contributed by atoms with Crippen LogP contribution in [0.5, 0.6) is 0 Å². The normalized spacial score (nSPS) is 15.7. The van der Waals surface area contributed by atoms with Crippen LogP contribution < -0.4 is 11.1 Å². The van der Waals surface area contributed by atoms with E-state index in [2.05, 4.69) is 10.3 Å². The maximum Gasteiger partial charge on any atom is 0.252 e. The van der Waals surface area contributed by atoms with Crippen LogP contribution in [0.25, 0.3) is 0 Å². The molecule has 3 N–H and O–H groups in total. The van der Waals surface area contributed by atoms with Crippen molar-refractivity contribution in [1.29, 1.82) is 0 Å². The number of carbonyl (C=O) groups excluding carboxylic acids is 1. The highest BCUT2D eigenvalue weighted by atomic mass is 16.5. The van der Waals surface area contributed by atoms with Crippen LogP contribution in [0.15, 0.2) is 18.3 Å². The van der Waals surface area contributed by atoms with Gasteiger partial charge in [-0.3, -0.25) is 4.79 Å². The molecule has 0 aromatic carbocycles. The smallest absolute Gasteiger partial charge is 0.252 e. The molecule has 0 saturated carbocycles. The first-order valence-electron chi connectivity index (χ1n) is 4.84. The van der Waals surface area contributed by atoms with Crippen LogP contribution >= 0.6 is 0 Å². The van der Waals surface area contributed by atoms with Crippen LogP contribution in [0.2, 0.25) is 0 Å². The molecule has 0 bridgehead atoms. The molecule has 0 radical (unpaired) electrons. The van der Waals surface area contributed by atoms with Gasteiger partial charge in [-0.1, -0.05) is 0 Å². The lowest BCUT2D eigenvalue weighted by Crippen LogP contribution is -2.34. The van der Waals surface area contributed by atoms with Crippen LogP contribution in [0, 0.1) is 5.92 Å². The molecule has 2 heterocycles. The molecule has 15 heavy (non-hydrogen) atoms. The van der Waals surface area contributed by atoms with Crippen molar-refractivity contribution in [2.45, 2.75) is 0 Å². The molecule has 80 valence electrons. The number of hydrogen-bond donors (Lipinski definition) is 2. The number of nitrogens with two attached hydrogens (primary N) is 1. The average molecular weight is 207 g/mol. The maximum atomic E-state index is 11.1. The number of aromatic nitrogens is 1. The molecule has 0 aliphatic carbocycles. The van der Waals surface area contributed by atoms with Gasteiger partial charge in [0.1, 0.15) is 5.82 Å². The summed E-state index contributed by atoms with van der Waals surface area (Å²) >= 11 is 0. The van der Waals surface area contributed by atoms with Crippen LogP contribution in [-0.4, -0.2) is 30.6 Å². The first-order valence-corrected chi connectivity index (χ1v) is 4.84.